The number of hydrogen-bond acceptors (Lipinski definition) is 4. The average Bonchev–Trinajstić information content (AvgIpc) is 2.73. The van der Waals surface area contributed by atoms with Crippen LogP contribution in [0.5, 0.6) is 0 Å². The van der Waals surface area contributed by atoms with Gasteiger partial charge >= 0.3 is 0 Å². The van der Waals surface area contributed by atoms with Crippen molar-refractivity contribution < 1.29 is 9.53 Å². The summed E-state index contributed by atoms with van der Waals surface area (Å²) in [5, 5.41) is 3.23. The summed E-state index contributed by atoms with van der Waals surface area (Å²) >= 11 is 5.98. The minimum Gasteiger partial charge on any atom is -0.372 e. The first-order chi connectivity index (χ1) is 10.2. The fourth-order valence-corrected chi connectivity index (χ4v) is 2.53. The lowest BCUT2D eigenvalue weighted by Gasteiger charge is -2.28. The number of imidazole rings is 1. The minimum absolute atomic E-state index is 0.0263. The number of nitrogens with zero attached hydrogens (tertiary/aromatic N) is 3. The van der Waals surface area contributed by atoms with Gasteiger partial charge in [-0.2, -0.15) is 0 Å². The zero-order valence-corrected chi connectivity index (χ0v) is 12.6. The number of hydrogen-bond donors (Lipinski definition) is 1. The van der Waals surface area contributed by atoms with Crippen LogP contribution in [0.2, 0.25) is 5.15 Å². The molecule has 0 saturated heterocycles. The molecule has 112 valence electrons. The predicted molar refractivity (Wildman–Crippen MR) is 80.5 cm³/mol. The van der Waals surface area contributed by atoms with Crippen molar-refractivity contribution in [2.24, 2.45) is 0 Å². The van der Waals surface area contributed by atoms with Crippen molar-refractivity contribution in [3.8, 4) is 0 Å². The molecular formula is C14H17ClN4O2. The molecule has 0 atom stereocenters. The van der Waals surface area contributed by atoms with E-state index in [2.05, 4.69) is 15.3 Å². The topological polar surface area (TPSA) is 69.0 Å². The summed E-state index contributed by atoms with van der Waals surface area (Å²) in [6.07, 6.45) is 3.30. The molecule has 1 amide bonds. The van der Waals surface area contributed by atoms with Gasteiger partial charge in [-0.3, -0.25) is 14.7 Å². The Morgan fingerprint density at radius 1 is 1.48 bits per heavy atom. The number of ether oxygens (including phenoxy) is 1. The molecule has 7 heteroatoms. The van der Waals surface area contributed by atoms with Gasteiger partial charge in [0.2, 0.25) is 5.95 Å². The van der Waals surface area contributed by atoms with E-state index >= 15 is 0 Å². The van der Waals surface area contributed by atoms with Crippen LogP contribution in [0, 0.1) is 0 Å². The Kier molecular flexibility index (Phi) is 4.07. The second-order valence-corrected chi connectivity index (χ2v) is 5.44. The van der Waals surface area contributed by atoms with Gasteiger partial charge in [0.25, 0.3) is 5.91 Å². The molecule has 0 unspecified atom stereocenters. The predicted octanol–water partition coefficient (Wildman–Crippen LogP) is 2.78. The van der Waals surface area contributed by atoms with Gasteiger partial charge in [0.05, 0.1) is 0 Å². The molecule has 0 spiro atoms. The third kappa shape index (κ3) is 2.87. The van der Waals surface area contributed by atoms with E-state index in [1.54, 1.807) is 6.07 Å². The number of carbonyl (C=O) groups excluding carboxylic acids is 1. The maximum atomic E-state index is 11.9. The number of halogens is 1. The first-order valence-electron chi connectivity index (χ1n) is 7.11. The maximum Gasteiger partial charge on any atom is 0.252 e. The fourth-order valence-electron chi connectivity index (χ4n) is 2.39. The molecule has 0 aromatic carbocycles. The molecule has 0 radical (unpaired) electrons. The molecule has 6 nitrogen and oxygen atoms in total. The number of anilines is 1. The van der Waals surface area contributed by atoms with Crippen LogP contribution in [-0.4, -0.2) is 33.7 Å². The van der Waals surface area contributed by atoms with E-state index in [4.69, 9.17) is 16.3 Å². The van der Waals surface area contributed by atoms with E-state index in [1.165, 1.54) is 6.42 Å². The Morgan fingerprint density at radius 2 is 2.29 bits per heavy atom. The van der Waals surface area contributed by atoms with Crippen LogP contribution in [0.25, 0.3) is 11.2 Å². The smallest absolute Gasteiger partial charge is 0.252 e. The SMILES string of the molecule is CCOCC(=O)Nc1nc2ccc(Cl)nc2n1C1CCC1. The molecule has 1 fully saturated rings. The van der Waals surface area contributed by atoms with Gasteiger partial charge in [-0.25, -0.2) is 9.97 Å². The van der Waals surface area contributed by atoms with E-state index in [0.29, 0.717) is 23.8 Å². The highest BCUT2D eigenvalue weighted by molar-refractivity contribution is 6.29. The van der Waals surface area contributed by atoms with Gasteiger partial charge in [-0.15, -0.1) is 0 Å². The van der Waals surface area contributed by atoms with E-state index in [-0.39, 0.29) is 12.5 Å². The van der Waals surface area contributed by atoms with Crippen LogP contribution in [-0.2, 0) is 9.53 Å². The lowest BCUT2D eigenvalue weighted by Crippen LogP contribution is -2.24. The van der Waals surface area contributed by atoms with Crippen LogP contribution in [0.1, 0.15) is 32.2 Å². The Labute approximate surface area is 127 Å². The molecule has 1 saturated carbocycles. The Bertz CT molecular complexity index is 666. The maximum absolute atomic E-state index is 11.9. The first-order valence-corrected chi connectivity index (χ1v) is 7.49. The van der Waals surface area contributed by atoms with Crippen molar-refractivity contribution in [1.82, 2.24) is 14.5 Å². The number of rotatable bonds is 5. The third-order valence-electron chi connectivity index (χ3n) is 3.63. The first kappa shape index (κ1) is 14.3. The molecule has 0 bridgehead atoms. The summed E-state index contributed by atoms with van der Waals surface area (Å²) in [5.74, 6) is 0.313. The van der Waals surface area contributed by atoms with Crippen LogP contribution in [0.15, 0.2) is 12.1 Å². The number of carbonyl (C=O) groups is 1. The van der Waals surface area contributed by atoms with Crippen LogP contribution in [0.3, 0.4) is 0 Å². The van der Waals surface area contributed by atoms with Gasteiger partial charge < -0.3 is 4.74 Å². The number of fused-ring (bicyclic) bond motifs is 1. The number of amides is 1. The summed E-state index contributed by atoms with van der Waals surface area (Å²) in [5.41, 5.74) is 1.46. The van der Waals surface area contributed by atoms with Crippen LogP contribution in [0.4, 0.5) is 5.95 Å². The van der Waals surface area contributed by atoms with Crippen molar-refractivity contribution in [3.63, 3.8) is 0 Å². The highest BCUT2D eigenvalue weighted by Gasteiger charge is 2.26. The normalized spacial score (nSPS) is 15.1. The molecule has 3 rings (SSSR count). The summed E-state index contributed by atoms with van der Waals surface area (Å²) in [6, 6.07) is 3.84. The minimum atomic E-state index is -0.209. The van der Waals surface area contributed by atoms with E-state index in [0.717, 1.165) is 24.0 Å². The molecular weight excluding hydrogens is 292 g/mol. The van der Waals surface area contributed by atoms with Gasteiger partial charge in [-0.1, -0.05) is 11.6 Å². The van der Waals surface area contributed by atoms with Crippen molar-refractivity contribution >= 4 is 34.6 Å². The zero-order valence-electron chi connectivity index (χ0n) is 11.8. The summed E-state index contributed by atoms with van der Waals surface area (Å²) in [4.78, 5) is 20.7. The Morgan fingerprint density at radius 3 is 2.95 bits per heavy atom. The molecule has 2 heterocycles. The standard InChI is InChI=1S/C14H17ClN4O2/c1-2-21-8-12(20)18-14-16-10-6-7-11(15)17-13(10)19(14)9-4-3-5-9/h6-7,9H,2-5,8H2,1H3,(H,16,18,20). The van der Waals surface area contributed by atoms with Gasteiger partial charge in [-0.05, 0) is 38.3 Å². The number of aromatic nitrogens is 3. The van der Waals surface area contributed by atoms with E-state index < -0.39 is 0 Å². The largest absolute Gasteiger partial charge is 0.372 e. The monoisotopic (exact) mass is 308 g/mol. The Hall–Kier alpha value is -1.66. The second kappa shape index (κ2) is 5.99. The molecule has 1 N–H and O–H groups in total. The van der Waals surface area contributed by atoms with Crippen molar-refractivity contribution in [1.29, 1.82) is 0 Å². The van der Waals surface area contributed by atoms with Gasteiger partial charge in [0.15, 0.2) is 5.65 Å². The summed E-state index contributed by atoms with van der Waals surface area (Å²) in [6.45, 7) is 2.38. The molecule has 2 aromatic heterocycles. The highest BCUT2D eigenvalue weighted by atomic mass is 35.5. The van der Waals surface area contributed by atoms with Gasteiger partial charge in [0.1, 0.15) is 17.3 Å². The number of pyridine rings is 1. The quantitative estimate of drug-likeness (QED) is 0.862. The molecule has 1 aliphatic carbocycles. The lowest BCUT2D eigenvalue weighted by molar-refractivity contribution is -0.120. The Balaban J connectivity index is 1.94. The van der Waals surface area contributed by atoms with Crippen molar-refractivity contribution in [3.05, 3.63) is 17.3 Å². The molecule has 0 aliphatic heterocycles. The molecule has 21 heavy (non-hydrogen) atoms. The second-order valence-electron chi connectivity index (χ2n) is 5.05. The van der Waals surface area contributed by atoms with Crippen LogP contribution >= 0.6 is 11.6 Å². The van der Waals surface area contributed by atoms with E-state index in [1.807, 2.05) is 17.6 Å². The zero-order chi connectivity index (χ0) is 14.8. The fraction of sp³-hybridized carbons (Fsp3) is 0.500. The van der Waals surface area contributed by atoms with Crippen LogP contribution < -0.4 is 5.32 Å². The highest BCUT2D eigenvalue weighted by Crippen LogP contribution is 2.36. The third-order valence-corrected chi connectivity index (χ3v) is 3.84. The summed E-state index contributed by atoms with van der Waals surface area (Å²) < 4.78 is 7.10. The van der Waals surface area contributed by atoms with Crippen molar-refractivity contribution in [2.75, 3.05) is 18.5 Å². The van der Waals surface area contributed by atoms with Gasteiger partial charge in [0, 0.05) is 12.6 Å². The van der Waals surface area contributed by atoms with Crippen molar-refractivity contribution in [2.45, 2.75) is 32.2 Å². The van der Waals surface area contributed by atoms with E-state index in [9.17, 15) is 4.79 Å². The summed E-state index contributed by atoms with van der Waals surface area (Å²) in [7, 11) is 0. The average molecular weight is 309 g/mol. The molecule has 1 aliphatic rings. The molecule has 2 aromatic rings. The number of nitrogens with one attached hydrogen (secondary N) is 1. The lowest BCUT2D eigenvalue weighted by atomic mass is 9.93.